The molecule has 0 saturated carbocycles. The molecular weight excluding hydrogens is 276 g/mol. The summed E-state index contributed by atoms with van der Waals surface area (Å²) in [5.74, 6) is 0. The van der Waals surface area contributed by atoms with E-state index >= 15 is 0 Å². The lowest BCUT2D eigenvalue weighted by Crippen LogP contribution is -2.34. The molecule has 1 aliphatic rings. The van der Waals surface area contributed by atoms with E-state index < -0.39 is 0 Å². The first kappa shape index (κ1) is 14.5. The van der Waals surface area contributed by atoms with Gasteiger partial charge in [0.1, 0.15) is 0 Å². The number of hydrogen-bond donors (Lipinski definition) is 1. The number of hydrogen-bond acceptors (Lipinski definition) is 3. The van der Waals surface area contributed by atoms with E-state index in [-0.39, 0.29) is 0 Å². The van der Waals surface area contributed by atoms with Gasteiger partial charge in [0.05, 0.1) is 0 Å². The Morgan fingerprint density at radius 3 is 2.67 bits per heavy atom. The molecule has 110 valence electrons. The summed E-state index contributed by atoms with van der Waals surface area (Å²) in [7, 11) is 0. The van der Waals surface area contributed by atoms with Crippen molar-refractivity contribution in [3.63, 3.8) is 0 Å². The van der Waals surface area contributed by atoms with E-state index in [0.717, 1.165) is 6.42 Å². The molecule has 0 aromatic heterocycles. The SMILES string of the molecule is CSc1cccc(N2c3ccccc3CCC2C)c1CN. The molecule has 0 bridgehead atoms. The Kier molecular flexibility index (Phi) is 4.22. The van der Waals surface area contributed by atoms with Crippen LogP contribution < -0.4 is 10.6 Å². The zero-order valence-electron chi connectivity index (χ0n) is 12.7. The van der Waals surface area contributed by atoms with Gasteiger partial charge >= 0.3 is 0 Å². The summed E-state index contributed by atoms with van der Waals surface area (Å²) < 4.78 is 0. The van der Waals surface area contributed by atoms with Crippen molar-refractivity contribution in [3.8, 4) is 0 Å². The molecule has 0 radical (unpaired) electrons. The summed E-state index contributed by atoms with van der Waals surface area (Å²) >= 11 is 1.77. The normalized spacial score (nSPS) is 17.7. The standard InChI is InChI=1S/C18H22N2S/c1-13-10-11-14-6-3-4-7-16(14)20(13)17-8-5-9-18(21-2)15(17)12-19/h3-9,13H,10-12,19H2,1-2H3. The average molecular weight is 298 g/mol. The lowest BCUT2D eigenvalue weighted by molar-refractivity contribution is 0.616. The number of benzene rings is 2. The van der Waals surface area contributed by atoms with Crippen molar-refractivity contribution in [2.75, 3.05) is 11.2 Å². The van der Waals surface area contributed by atoms with Crippen LogP contribution in [-0.2, 0) is 13.0 Å². The van der Waals surface area contributed by atoms with Gasteiger partial charge in [0.15, 0.2) is 0 Å². The summed E-state index contributed by atoms with van der Waals surface area (Å²) in [4.78, 5) is 3.76. The number of nitrogens with two attached hydrogens (primary N) is 1. The molecule has 0 saturated heterocycles. The highest BCUT2D eigenvalue weighted by molar-refractivity contribution is 7.98. The zero-order valence-corrected chi connectivity index (χ0v) is 13.5. The average Bonchev–Trinajstić information content (AvgIpc) is 2.54. The van der Waals surface area contributed by atoms with E-state index in [1.54, 1.807) is 11.8 Å². The molecule has 3 rings (SSSR count). The number of anilines is 2. The van der Waals surface area contributed by atoms with Crippen molar-refractivity contribution in [3.05, 3.63) is 53.6 Å². The zero-order chi connectivity index (χ0) is 14.8. The van der Waals surface area contributed by atoms with Gasteiger partial charge in [0.2, 0.25) is 0 Å². The third kappa shape index (κ3) is 2.56. The molecule has 2 aromatic rings. The lowest BCUT2D eigenvalue weighted by Gasteiger charge is -2.38. The van der Waals surface area contributed by atoms with Crippen molar-refractivity contribution < 1.29 is 0 Å². The van der Waals surface area contributed by atoms with Gasteiger partial charge in [-0.05, 0) is 49.8 Å². The van der Waals surface area contributed by atoms with Crippen LogP contribution in [0.4, 0.5) is 11.4 Å². The third-order valence-electron chi connectivity index (χ3n) is 4.32. The molecule has 0 spiro atoms. The highest BCUT2D eigenvalue weighted by atomic mass is 32.2. The van der Waals surface area contributed by atoms with Crippen molar-refractivity contribution in [1.29, 1.82) is 0 Å². The molecule has 2 N–H and O–H groups in total. The van der Waals surface area contributed by atoms with Gasteiger partial charge < -0.3 is 10.6 Å². The van der Waals surface area contributed by atoms with Gasteiger partial charge in [-0.3, -0.25) is 0 Å². The van der Waals surface area contributed by atoms with Gasteiger partial charge in [-0.2, -0.15) is 0 Å². The third-order valence-corrected chi connectivity index (χ3v) is 5.14. The van der Waals surface area contributed by atoms with Gasteiger partial charge in [-0.1, -0.05) is 24.3 Å². The topological polar surface area (TPSA) is 29.3 Å². The van der Waals surface area contributed by atoms with Crippen LogP contribution in [0.3, 0.4) is 0 Å². The Hall–Kier alpha value is -1.45. The predicted molar refractivity (Wildman–Crippen MR) is 92.5 cm³/mol. The molecular formula is C18H22N2S. The number of para-hydroxylation sites is 1. The minimum Gasteiger partial charge on any atom is -0.338 e. The molecule has 3 heteroatoms. The summed E-state index contributed by atoms with van der Waals surface area (Å²) in [6.07, 6.45) is 4.46. The van der Waals surface area contributed by atoms with Crippen LogP contribution in [0.15, 0.2) is 47.4 Å². The van der Waals surface area contributed by atoms with Crippen LogP contribution in [-0.4, -0.2) is 12.3 Å². The number of nitrogens with zero attached hydrogens (tertiary/aromatic N) is 1. The monoisotopic (exact) mass is 298 g/mol. The molecule has 21 heavy (non-hydrogen) atoms. The van der Waals surface area contributed by atoms with Gasteiger partial charge in [-0.15, -0.1) is 11.8 Å². The maximum atomic E-state index is 6.06. The second-order valence-corrected chi connectivity index (χ2v) is 6.40. The number of fused-ring (bicyclic) bond motifs is 1. The van der Waals surface area contributed by atoms with Crippen LogP contribution in [0.2, 0.25) is 0 Å². The Morgan fingerprint density at radius 1 is 1.14 bits per heavy atom. The molecule has 0 fully saturated rings. The van der Waals surface area contributed by atoms with E-state index in [1.807, 2.05) is 0 Å². The molecule has 2 aromatic carbocycles. The molecule has 0 amide bonds. The smallest absolute Gasteiger partial charge is 0.0470 e. The summed E-state index contributed by atoms with van der Waals surface area (Å²) in [6.45, 7) is 2.89. The molecule has 1 aliphatic heterocycles. The minimum atomic E-state index is 0.502. The van der Waals surface area contributed by atoms with Gasteiger partial charge in [0, 0.05) is 34.4 Å². The van der Waals surface area contributed by atoms with Crippen molar-refractivity contribution >= 4 is 23.1 Å². The van der Waals surface area contributed by atoms with Crippen molar-refractivity contribution in [2.24, 2.45) is 5.73 Å². The number of aryl methyl sites for hydroxylation is 1. The molecule has 0 aliphatic carbocycles. The van der Waals surface area contributed by atoms with Crippen molar-refractivity contribution in [1.82, 2.24) is 0 Å². The van der Waals surface area contributed by atoms with Crippen LogP contribution in [0.1, 0.15) is 24.5 Å². The van der Waals surface area contributed by atoms with Crippen LogP contribution in [0.25, 0.3) is 0 Å². The van der Waals surface area contributed by atoms with E-state index in [1.165, 1.54) is 33.8 Å². The lowest BCUT2D eigenvalue weighted by atomic mass is 9.95. The van der Waals surface area contributed by atoms with Crippen molar-refractivity contribution in [2.45, 2.75) is 37.2 Å². The van der Waals surface area contributed by atoms with E-state index in [9.17, 15) is 0 Å². The maximum Gasteiger partial charge on any atom is 0.0470 e. The first-order valence-corrected chi connectivity index (χ1v) is 8.71. The molecule has 1 heterocycles. The highest BCUT2D eigenvalue weighted by Crippen LogP contribution is 2.40. The maximum absolute atomic E-state index is 6.06. The fourth-order valence-electron chi connectivity index (χ4n) is 3.23. The molecule has 1 atom stereocenters. The fourth-order valence-corrected chi connectivity index (χ4v) is 3.88. The van der Waals surface area contributed by atoms with Crippen LogP contribution in [0, 0.1) is 0 Å². The summed E-state index contributed by atoms with van der Waals surface area (Å²) in [5.41, 5.74) is 11.4. The first-order valence-electron chi connectivity index (χ1n) is 7.49. The number of rotatable bonds is 3. The summed E-state index contributed by atoms with van der Waals surface area (Å²) in [6, 6.07) is 15.8. The van der Waals surface area contributed by atoms with E-state index in [0.29, 0.717) is 12.6 Å². The van der Waals surface area contributed by atoms with Crippen LogP contribution >= 0.6 is 11.8 Å². The predicted octanol–water partition coefficient (Wildman–Crippen LogP) is 4.34. The largest absolute Gasteiger partial charge is 0.338 e. The minimum absolute atomic E-state index is 0.502. The number of thioether (sulfide) groups is 1. The van der Waals surface area contributed by atoms with E-state index in [2.05, 4.69) is 60.5 Å². The fraction of sp³-hybridized carbons (Fsp3) is 0.333. The second-order valence-electron chi connectivity index (χ2n) is 5.55. The highest BCUT2D eigenvalue weighted by Gasteiger charge is 2.26. The first-order chi connectivity index (χ1) is 10.3. The quantitative estimate of drug-likeness (QED) is 0.855. The Bertz CT molecular complexity index is 639. The van der Waals surface area contributed by atoms with Crippen LogP contribution in [0.5, 0.6) is 0 Å². The van der Waals surface area contributed by atoms with E-state index in [4.69, 9.17) is 5.73 Å². The molecule has 2 nitrogen and oxygen atoms in total. The Balaban J connectivity index is 2.16. The van der Waals surface area contributed by atoms with Gasteiger partial charge in [0.25, 0.3) is 0 Å². The van der Waals surface area contributed by atoms with Gasteiger partial charge in [-0.25, -0.2) is 0 Å². The Labute approximate surface area is 131 Å². The second kappa shape index (κ2) is 6.12. The Morgan fingerprint density at radius 2 is 1.90 bits per heavy atom. The molecule has 1 unspecified atom stereocenters. The summed E-state index contributed by atoms with van der Waals surface area (Å²) in [5, 5.41) is 0.